The van der Waals surface area contributed by atoms with E-state index in [0.29, 0.717) is 6.54 Å². The summed E-state index contributed by atoms with van der Waals surface area (Å²) < 4.78 is 5.18. The lowest BCUT2D eigenvalue weighted by atomic mass is 9.64. The second kappa shape index (κ2) is 6.19. The van der Waals surface area contributed by atoms with Gasteiger partial charge in [0.1, 0.15) is 5.76 Å². The standard InChI is InChI=1S/C19H24N2O2/c1-13(17-14(2)21-23-15(17)3)18(22)20-12-19(10-7-11-19)16-8-5-4-6-9-16/h4-6,8-9,13H,7,10-12H2,1-3H3,(H,20,22)/t13-/m1/s1. The number of amides is 1. The van der Waals surface area contributed by atoms with Gasteiger partial charge in [-0.1, -0.05) is 41.9 Å². The topological polar surface area (TPSA) is 55.1 Å². The maximum atomic E-state index is 12.6. The van der Waals surface area contributed by atoms with E-state index in [1.807, 2.05) is 26.8 Å². The molecule has 1 aliphatic carbocycles. The molecule has 1 aliphatic rings. The average molecular weight is 312 g/mol. The van der Waals surface area contributed by atoms with E-state index < -0.39 is 0 Å². The van der Waals surface area contributed by atoms with Crippen molar-refractivity contribution in [1.29, 1.82) is 0 Å². The lowest BCUT2D eigenvalue weighted by Gasteiger charge is -2.42. The number of aryl methyl sites for hydroxylation is 2. The fraction of sp³-hybridized carbons (Fsp3) is 0.474. The van der Waals surface area contributed by atoms with E-state index in [-0.39, 0.29) is 17.2 Å². The minimum Gasteiger partial charge on any atom is -0.361 e. The minimum atomic E-state index is -0.242. The van der Waals surface area contributed by atoms with Gasteiger partial charge in [-0.3, -0.25) is 4.79 Å². The molecular weight excluding hydrogens is 288 g/mol. The number of hydrogen-bond acceptors (Lipinski definition) is 3. The van der Waals surface area contributed by atoms with E-state index in [1.54, 1.807) is 0 Å². The largest absolute Gasteiger partial charge is 0.361 e. The third kappa shape index (κ3) is 2.90. The van der Waals surface area contributed by atoms with Crippen LogP contribution >= 0.6 is 0 Å². The van der Waals surface area contributed by atoms with Gasteiger partial charge in [0.2, 0.25) is 5.91 Å². The number of carbonyl (C=O) groups excluding carboxylic acids is 1. The monoisotopic (exact) mass is 312 g/mol. The number of nitrogens with zero attached hydrogens (tertiary/aromatic N) is 1. The fourth-order valence-corrected chi connectivity index (χ4v) is 3.61. The van der Waals surface area contributed by atoms with Crippen LogP contribution in [0.1, 0.15) is 54.7 Å². The number of hydrogen-bond donors (Lipinski definition) is 1. The number of carbonyl (C=O) groups is 1. The molecule has 1 N–H and O–H groups in total. The molecule has 1 aromatic carbocycles. The zero-order valence-electron chi connectivity index (χ0n) is 14.1. The third-order valence-corrected chi connectivity index (χ3v) is 5.21. The van der Waals surface area contributed by atoms with Crippen LogP contribution in [0.25, 0.3) is 0 Å². The van der Waals surface area contributed by atoms with Crippen LogP contribution in [0.2, 0.25) is 0 Å². The number of benzene rings is 1. The molecule has 1 saturated carbocycles. The van der Waals surface area contributed by atoms with Gasteiger partial charge in [0, 0.05) is 17.5 Å². The van der Waals surface area contributed by atoms with Gasteiger partial charge in [-0.05, 0) is 39.2 Å². The van der Waals surface area contributed by atoms with Crippen LogP contribution in [0, 0.1) is 13.8 Å². The Morgan fingerprint density at radius 1 is 1.30 bits per heavy atom. The predicted octanol–water partition coefficient (Wildman–Crippen LogP) is 3.63. The van der Waals surface area contributed by atoms with Crippen molar-refractivity contribution < 1.29 is 9.32 Å². The molecule has 0 radical (unpaired) electrons. The van der Waals surface area contributed by atoms with Crippen molar-refractivity contribution in [2.45, 2.75) is 51.4 Å². The Morgan fingerprint density at radius 2 is 2.00 bits per heavy atom. The Labute approximate surface area is 137 Å². The van der Waals surface area contributed by atoms with Gasteiger partial charge < -0.3 is 9.84 Å². The first-order valence-electron chi connectivity index (χ1n) is 8.29. The summed E-state index contributed by atoms with van der Waals surface area (Å²) >= 11 is 0. The molecule has 4 nitrogen and oxygen atoms in total. The maximum Gasteiger partial charge on any atom is 0.227 e. The van der Waals surface area contributed by atoms with Crippen LogP contribution in [-0.2, 0) is 10.2 Å². The molecule has 1 fully saturated rings. The first-order chi connectivity index (χ1) is 11.0. The molecule has 0 aliphatic heterocycles. The minimum absolute atomic E-state index is 0.0432. The van der Waals surface area contributed by atoms with E-state index in [9.17, 15) is 4.79 Å². The molecular formula is C19H24N2O2. The third-order valence-electron chi connectivity index (χ3n) is 5.21. The molecule has 0 unspecified atom stereocenters. The molecule has 4 heteroatoms. The quantitative estimate of drug-likeness (QED) is 0.917. The zero-order valence-corrected chi connectivity index (χ0v) is 14.1. The normalized spacial score (nSPS) is 17.3. The Morgan fingerprint density at radius 3 is 2.52 bits per heavy atom. The highest BCUT2D eigenvalue weighted by atomic mass is 16.5. The summed E-state index contributed by atoms with van der Waals surface area (Å²) in [6.45, 7) is 6.35. The maximum absolute atomic E-state index is 12.6. The van der Waals surface area contributed by atoms with Crippen molar-refractivity contribution in [3.63, 3.8) is 0 Å². The Kier molecular flexibility index (Phi) is 4.24. The zero-order chi connectivity index (χ0) is 16.4. The van der Waals surface area contributed by atoms with Crippen molar-refractivity contribution in [3.05, 3.63) is 52.9 Å². The first-order valence-corrected chi connectivity index (χ1v) is 8.29. The van der Waals surface area contributed by atoms with Crippen molar-refractivity contribution in [2.24, 2.45) is 0 Å². The predicted molar refractivity (Wildman–Crippen MR) is 89.4 cm³/mol. The Bertz CT molecular complexity index is 667. The van der Waals surface area contributed by atoms with E-state index in [2.05, 4.69) is 34.7 Å². The van der Waals surface area contributed by atoms with Crippen LogP contribution in [0.3, 0.4) is 0 Å². The summed E-state index contributed by atoms with van der Waals surface area (Å²) in [5.41, 5.74) is 3.14. The summed E-state index contributed by atoms with van der Waals surface area (Å²) in [6.07, 6.45) is 3.50. The summed E-state index contributed by atoms with van der Waals surface area (Å²) in [5.74, 6) is 0.530. The Hall–Kier alpha value is -2.10. The van der Waals surface area contributed by atoms with Gasteiger partial charge in [-0.25, -0.2) is 0 Å². The lowest BCUT2D eigenvalue weighted by Crippen LogP contribution is -2.46. The number of aromatic nitrogens is 1. The summed E-state index contributed by atoms with van der Waals surface area (Å²) in [7, 11) is 0. The molecule has 1 amide bonds. The highest BCUT2D eigenvalue weighted by molar-refractivity contribution is 5.83. The molecule has 0 saturated heterocycles. The summed E-state index contributed by atoms with van der Waals surface area (Å²) in [6, 6.07) is 10.5. The van der Waals surface area contributed by atoms with Gasteiger partial charge in [-0.15, -0.1) is 0 Å². The van der Waals surface area contributed by atoms with Crippen molar-refractivity contribution in [2.75, 3.05) is 6.54 Å². The van der Waals surface area contributed by atoms with Gasteiger partial charge >= 0.3 is 0 Å². The molecule has 1 heterocycles. The molecule has 2 aromatic rings. The highest BCUT2D eigenvalue weighted by Crippen LogP contribution is 2.43. The molecule has 0 bridgehead atoms. The molecule has 3 rings (SSSR count). The second-order valence-corrected chi connectivity index (χ2v) is 6.68. The number of rotatable bonds is 5. The summed E-state index contributed by atoms with van der Waals surface area (Å²) in [5, 5.41) is 7.11. The summed E-state index contributed by atoms with van der Waals surface area (Å²) in [4.78, 5) is 12.6. The highest BCUT2D eigenvalue weighted by Gasteiger charge is 2.39. The molecule has 23 heavy (non-hydrogen) atoms. The van der Waals surface area contributed by atoms with Gasteiger partial charge in [0.25, 0.3) is 0 Å². The van der Waals surface area contributed by atoms with Crippen LogP contribution in [0.4, 0.5) is 0 Å². The molecule has 0 spiro atoms. The van der Waals surface area contributed by atoms with Gasteiger partial charge in [0.15, 0.2) is 0 Å². The van der Waals surface area contributed by atoms with Gasteiger partial charge in [0.05, 0.1) is 11.6 Å². The first kappa shape index (κ1) is 15.8. The molecule has 1 aromatic heterocycles. The van der Waals surface area contributed by atoms with E-state index >= 15 is 0 Å². The Balaban J connectivity index is 1.69. The molecule has 1 atom stereocenters. The van der Waals surface area contributed by atoms with Crippen LogP contribution in [0.5, 0.6) is 0 Å². The van der Waals surface area contributed by atoms with E-state index in [0.717, 1.165) is 29.9 Å². The number of nitrogens with one attached hydrogen (secondary N) is 1. The van der Waals surface area contributed by atoms with Crippen LogP contribution < -0.4 is 5.32 Å². The van der Waals surface area contributed by atoms with Crippen molar-refractivity contribution in [3.8, 4) is 0 Å². The fourth-order valence-electron chi connectivity index (χ4n) is 3.61. The lowest BCUT2D eigenvalue weighted by molar-refractivity contribution is -0.122. The SMILES string of the molecule is Cc1noc(C)c1[C@@H](C)C(=O)NCC1(c2ccccc2)CCC1. The molecule has 122 valence electrons. The van der Waals surface area contributed by atoms with E-state index in [1.165, 1.54) is 12.0 Å². The van der Waals surface area contributed by atoms with Gasteiger partial charge in [-0.2, -0.15) is 0 Å². The van der Waals surface area contributed by atoms with E-state index in [4.69, 9.17) is 4.52 Å². The average Bonchev–Trinajstić information content (AvgIpc) is 2.85. The van der Waals surface area contributed by atoms with Crippen LogP contribution in [0.15, 0.2) is 34.9 Å². The smallest absolute Gasteiger partial charge is 0.227 e. The second-order valence-electron chi connectivity index (χ2n) is 6.68. The van der Waals surface area contributed by atoms with Crippen LogP contribution in [-0.4, -0.2) is 17.6 Å². The van der Waals surface area contributed by atoms with Crippen molar-refractivity contribution >= 4 is 5.91 Å². The van der Waals surface area contributed by atoms with Crippen molar-refractivity contribution in [1.82, 2.24) is 10.5 Å².